The maximum absolute atomic E-state index is 13.0. The lowest BCUT2D eigenvalue weighted by Crippen LogP contribution is -2.11. The van der Waals surface area contributed by atoms with Crippen molar-refractivity contribution in [2.75, 3.05) is 12.5 Å². The molecule has 0 saturated heterocycles. The lowest BCUT2D eigenvalue weighted by Gasteiger charge is -2.11. The average molecular weight is 297 g/mol. The van der Waals surface area contributed by atoms with Gasteiger partial charge in [-0.3, -0.25) is 0 Å². The fraction of sp³-hybridized carbons (Fsp3) is 0.118. The third-order valence-electron chi connectivity index (χ3n) is 3.55. The van der Waals surface area contributed by atoms with E-state index in [4.69, 9.17) is 10.6 Å². The van der Waals surface area contributed by atoms with Gasteiger partial charge in [0.05, 0.1) is 12.6 Å². The molecule has 0 saturated carbocycles. The molecule has 5 heteroatoms. The molecule has 0 fully saturated rings. The van der Waals surface area contributed by atoms with E-state index in [1.807, 2.05) is 24.3 Å². The van der Waals surface area contributed by atoms with E-state index in [0.29, 0.717) is 12.2 Å². The molecule has 0 amide bonds. The molecule has 0 spiro atoms. The maximum Gasteiger partial charge on any atom is 0.144 e. The van der Waals surface area contributed by atoms with E-state index in [1.165, 1.54) is 12.1 Å². The summed E-state index contributed by atoms with van der Waals surface area (Å²) in [6, 6.07) is 14.1. The van der Waals surface area contributed by atoms with E-state index in [2.05, 4.69) is 10.4 Å². The smallest absolute Gasteiger partial charge is 0.144 e. The number of nitrogen functional groups attached to an aromatic ring is 1. The van der Waals surface area contributed by atoms with Crippen molar-refractivity contribution in [3.8, 4) is 5.75 Å². The predicted octanol–water partition coefficient (Wildman–Crippen LogP) is 3.26. The Morgan fingerprint density at radius 2 is 1.91 bits per heavy atom. The van der Waals surface area contributed by atoms with Gasteiger partial charge < -0.3 is 10.2 Å². The van der Waals surface area contributed by atoms with Crippen LogP contribution in [0.5, 0.6) is 5.75 Å². The number of halogens is 1. The second-order valence-corrected chi connectivity index (χ2v) is 5.00. The molecule has 112 valence electrons. The van der Waals surface area contributed by atoms with Crippen molar-refractivity contribution in [3.63, 3.8) is 0 Å². The van der Waals surface area contributed by atoms with Crippen LogP contribution in [-0.2, 0) is 6.42 Å². The quantitative estimate of drug-likeness (QED) is 0.573. The summed E-state index contributed by atoms with van der Waals surface area (Å²) in [5.74, 6) is 6.72. The van der Waals surface area contributed by atoms with Crippen LogP contribution in [0.15, 0.2) is 48.5 Å². The van der Waals surface area contributed by atoms with Gasteiger partial charge in [-0.05, 0) is 42.0 Å². The van der Waals surface area contributed by atoms with Crippen molar-refractivity contribution in [1.82, 2.24) is 4.98 Å². The van der Waals surface area contributed by atoms with Crippen molar-refractivity contribution < 1.29 is 9.13 Å². The van der Waals surface area contributed by atoms with Gasteiger partial charge in [0.1, 0.15) is 17.4 Å². The number of aromatic nitrogens is 1. The van der Waals surface area contributed by atoms with Gasteiger partial charge >= 0.3 is 0 Å². The molecule has 0 aliphatic carbocycles. The molecule has 3 aromatic rings. The molecule has 4 nitrogen and oxygen atoms in total. The molecule has 1 heterocycles. The zero-order valence-corrected chi connectivity index (χ0v) is 12.1. The Kier molecular flexibility index (Phi) is 3.89. The number of benzene rings is 2. The van der Waals surface area contributed by atoms with Crippen LogP contribution in [0.2, 0.25) is 0 Å². The Labute approximate surface area is 127 Å². The molecule has 0 aliphatic heterocycles. The van der Waals surface area contributed by atoms with Gasteiger partial charge in [-0.2, -0.15) is 0 Å². The predicted molar refractivity (Wildman–Crippen MR) is 85.3 cm³/mol. The van der Waals surface area contributed by atoms with Gasteiger partial charge in [-0.1, -0.05) is 12.1 Å². The number of anilines is 1. The summed E-state index contributed by atoms with van der Waals surface area (Å²) in [7, 11) is 1.63. The third kappa shape index (κ3) is 2.84. The van der Waals surface area contributed by atoms with Crippen molar-refractivity contribution in [2.24, 2.45) is 5.84 Å². The van der Waals surface area contributed by atoms with Crippen LogP contribution in [0.3, 0.4) is 0 Å². The zero-order chi connectivity index (χ0) is 15.5. The third-order valence-corrected chi connectivity index (χ3v) is 3.55. The monoisotopic (exact) mass is 297 g/mol. The van der Waals surface area contributed by atoms with Gasteiger partial charge in [-0.25, -0.2) is 15.2 Å². The zero-order valence-electron chi connectivity index (χ0n) is 12.1. The Balaban J connectivity index is 2.04. The number of nitrogens with two attached hydrogens (primary N) is 1. The van der Waals surface area contributed by atoms with Crippen LogP contribution >= 0.6 is 0 Å². The number of nitrogens with zero attached hydrogens (tertiary/aromatic N) is 1. The number of rotatable bonds is 4. The SMILES string of the molecule is COc1ccc2nc(NN)c(Cc3ccc(F)cc3)cc2c1. The highest BCUT2D eigenvalue weighted by molar-refractivity contribution is 5.83. The van der Waals surface area contributed by atoms with Gasteiger partial charge in [0.2, 0.25) is 0 Å². The fourth-order valence-electron chi connectivity index (χ4n) is 2.41. The van der Waals surface area contributed by atoms with Crippen LogP contribution < -0.4 is 16.0 Å². The van der Waals surface area contributed by atoms with E-state index in [-0.39, 0.29) is 5.82 Å². The number of hydrogen-bond acceptors (Lipinski definition) is 4. The molecule has 0 bridgehead atoms. The minimum Gasteiger partial charge on any atom is -0.497 e. The normalized spacial score (nSPS) is 10.7. The highest BCUT2D eigenvalue weighted by atomic mass is 19.1. The van der Waals surface area contributed by atoms with Crippen LogP contribution in [-0.4, -0.2) is 12.1 Å². The minimum absolute atomic E-state index is 0.248. The number of nitrogens with one attached hydrogen (secondary N) is 1. The molecule has 3 N–H and O–H groups in total. The lowest BCUT2D eigenvalue weighted by molar-refractivity contribution is 0.415. The first-order valence-corrected chi connectivity index (χ1v) is 6.88. The number of ether oxygens (including phenoxy) is 1. The highest BCUT2D eigenvalue weighted by Crippen LogP contribution is 2.25. The summed E-state index contributed by atoms with van der Waals surface area (Å²) < 4.78 is 18.2. The topological polar surface area (TPSA) is 60.2 Å². The van der Waals surface area contributed by atoms with E-state index >= 15 is 0 Å². The molecular weight excluding hydrogens is 281 g/mol. The maximum atomic E-state index is 13.0. The van der Waals surface area contributed by atoms with E-state index < -0.39 is 0 Å². The van der Waals surface area contributed by atoms with Crippen molar-refractivity contribution in [3.05, 3.63) is 65.5 Å². The molecule has 3 rings (SSSR count). The van der Waals surface area contributed by atoms with Gasteiger partial charge in [-0.15, -0.1) is 0 Å². The standard InChI is InChI=1S/C17H16FN3O/c1-22-15-6-7-16-12(10-15)9-13(17(20-16)21-19)8-11-2-4-14(18)5-3-11/h2-7,9-10H,8,19H2,1H3,(H,20,21). The fourth-order valence-corrected chi connectivity index (χ4v) is 2.41. The summed E-state index contributed by atoms with van der Waals surface area (Å²) in [5.41, 5.74) is 5.39. The number of pyridine rings is 1. The van der Waals surface area contributed by atoms with Crippen molar-refractivity contribution >= 4 is 16.7 Å². The van der Waals surface area contributed by atoms with E-state index in [1.54, 1.807) is 19.2 Å². The first-order valence-electron chi connectivity index (χ1n) is 6.88. The number of hydrazine groups is 1. The molecule has 0 unspecified atom stereocenters. The number of methoxy groups -OCH3 is 1. The summed E-state index contributed by atoms with van der Waals surface area (Å²) in [4.78, 5) is 4.52. The molecule has 0 aliphatic rings. The second kappa shape index (κ2) is 5.99. The first-order chi connectivity index (χ1) is 10.7. The second-order valence-electron chi connectivity index (χ2n) is 5.00. The number of fused-ring (bicyclic) bond motifs is 1. The van der Waals surface area contributed by atoms with Crippen LogP contribution in [0, 0.1) is 5.82 Å². The molecule has 22 heavy (non-hydrogen) atoms. The molecule has 0 atom stereocenters. The molecule has 2 aromatic carbocycles. The number of hydrogen-bond donors (Lipinski definition) is 2. The van der Waals surface area contributed by atoms with Crippen molar-refractivity contribution in [2.45, 2.75) is 6.42 Å². The minimum atomic E-state index is -0.248. The Bertz CT molecular complexity index is 803. The first kappa shape index (κ1) is 14.3. The van der Waals surface area contributed by atoms with E-state index in [9.17, 15) is 4.39 Å². The van der Waals surface area contributed by atoms with Crippen LogP contribution in [0.4, 0.5) is 10.2 Å². The molecule has 0 radical (unpaired) electrons. The average Bonchev–Trinajstić information content (AvgIpc) is 2.55. The van der Waals surface area contributed by atoms with Crippen molar-refractivity contribution in [1.29, 1.82) is 0 Å². The highest BCUT2D eigenvalue weighted by Gasteiger charge is 2.08. The van der Waals surface area contributed by atoms with Gasteiger partial charge in [0.25, 0.3) is 0 Å². The van der Waals surface area contributed by atoms with Crippen LogP contribution in [0.25, 0.3) is 10.9 Å². The summed E-state index contributed by atoms with van der Waals surface area (Å²) in [6.45, 7) is 0. The largest absolute Gasteiger partial charge is 0.497 e. The van der Waals surface area contributed by atoms with Gasteiger partial charge in [0, 0.05) is 17.4 Å². The summed E-state index contributed by atoms with van der Waals surface area (Å²) >= 11 is 0. The van der Waals surface area contributed by atoms with Crippen LogP contribution in [0.1, 0.15) is 11.1 Å². The Morgan fingerprint density at radius 3 is 2.59 bits per heavy atom. The lowest BCUT2D eigenvalue weighted by atomic mass is 10.0. The summed E-state index contributed by atoms with van der Waals surface area (Å²) in [5, 5.41) is 0.968. The Morgan fingerprint density at radius 1 is 1.14 bits per heavy atom. The molecular formula is C17H16FN3O. The van der Waals surface area contributed by atoms with Gasteiger partial charge in [0.15, 0.2) is 0 Å². The Hall–Kier alpha value is -2.66. The van der Waals surface area contributed by atoms with E-state index in [0.717, 1.165) is 27.8 Å². The molecule has 1 aromatic heterocycles. The summed E-state index contributed by atoms with van der Waals surface area (Å²) in [6.07, 6.45) is 0.611.